The molecule has 2 saturated carbocycles. The van der Waals surface area contributed by atoms with Gasteiger partial charge in [-0.25, -0.2) is 9.78 Å². The largest absolute Gasteiger partial charge is 0.490 e. The summed E-state index contributed by atoms with van der Waals surface area (Å²) in [4.78, 5) is 17.2. The summed E-state index contributed by atoms with van der Waals surface area (Å²) >= 11 is 0. The van der Waals surface area contributed by atoms with Crippen molar-refractivity contribution in [3.05, 3.63) is 54.6 Å². The van der Waals surface area contributed by atoms with Crippen molar-refractivity contribution in [3.63, 3.8) is 0 Å². The van der Waals surface area contributed by atoms with Crippen molar-refractivity contribution in [3.8, 4) is 28.3 Å². The van der Waals surface area contributed by atoms with E-state index in [4.69, 9.17) is 23.6 Å². The number of fused-ring (bicyclic) bond motifs is 1. The summed E-state index contributed by atoms with van der Waals surface area (Å²) < 4.78 is 25.7. The lowest BCUT2D eigenvalue weighted by atomic mass is 9.92. The zero-order valence-corrected chi connectivity index (χ0v) is 23.7. The Bertz CT molecular complexity index is 1540. The minimum absolute atomic E-state index is 0.0544. The van der Waals surface area contributed by atoms with Gasteiger partial charge >= 0.3 is 6.09 Å². The second-order valence-electron chi connectivity index (χ2n) is 11.7. The second kappa shape index (κ2) is 10.9. The molecule has 0 radical (unpaired) electrons. The number of aromatic nitrogens is 2. The van der Waals surface area contributed by atoms with E-state index < -0.39 is 6.09 Å². The molecule has 1 aliphatic heterocycles. The highest BCUT2D eigenvalue weighted by atomic mass is 16.6. The van der Waals surface area contributed by atoms with Gasteiger partial charge in [0.1, 0.15) is 29.9 Å². The maximum atomic E-state index is 12.5. The highest BCUT2D eigenvalue weighted by molar-refractivity contribution is 6.04. The molecule has 2 aromatic heterocycles. The molecule has 2 aromatic carbocycles. The number of rotatable bonds is 8. The maximum Gasteiger partial charge on any atom is 0.411 e. The first-order valence-electron chi connectivity index (χ1n) is 15.0. The standard InChI is InChI=1S/C33H37N3O5/c1-20(22-6-7-22)40-33(37)35-24-10-8-23(9-11-24)32-31(29-19-39-21(2)34-29)28-13-12-27(41-26-14-16-38-17-15-26)18-30(28)36(32)25-4-3-5-25/h8-13,18-20,22,25-26H,3-7,14-17H2,1-2H3,(H,35,37). The predicted molar refractivity (Wildman–Crippen MR) is 157 cm³/mol. The quantitative estimate of drug-likeness (QED) is 0.238. The molecule has 1 atom stereocenters. The third-order valence-corrected chi connectivity index (χ3v) is 8.75. The Balaban J connectivity index is 1.28. The van der Waals surface area contributed by atoms with E-state index in [0.717, 1.165) is 90.9 Å². The van der Waals surface area contributed by atoms with Crippen LogP contribution < -0.4 is 10.1 Å². The number of oxazole rings is 1. The van der Waals surface area contributed by atoms with Crippen LogP contribution in [0.15, 0.2) is 53.1 Å². The van der Waals surface area contributed by atoms with Crippen LogP contribution in [0.25, 0.3) is 33.4 Å². The Kier molecular flexibility index (Phi) is 6.95. The van der Waals surface area contributed by atoms with Gasteiger partial charge in [-0.15, -0.1) is 0 Å². The van der Waals surface area contributed by atoms with Crippen molar-refractivity contribution in [2.75, 3.05) is 18.5 Å². The van der Waals surface area contributed by atoms with Gasteiger partial charge in [-0.3, -0.25) is 5.32 Å². The first kappa shape index (κ1) is 26.1. The zero-order valence-electron chi connectivity index (χ0n) is 23.7. The number of carbonyl (C=O) groups is 1. The summed E-state index contributed by atoms with van der Waals surface area (Å²) in [5.41, 5.74) is 5.89. The monoisotopic (exact) mass is 555 g/mol. The maximum absolute atomic E-state index is 12.5. The third-order valence-electron chi connectivity index (χ3n) is 8.75. The summed E-state index contributed by atoms with van der Waals surface area (Å²) in [5, 5.41) is 4.02. The Morgan fingerprint density at radius 3 is 2.49 bits per heavy atom. The highest BCUT2D eigenvalue weighted by Gasteiger charge is 2.31. The average molecular weight is 556 g/mol. The van der Waals surface area contributed by atoms with Gasteiger partial charge in [-0.2, -0.15) is 0 Å². The number of aryl methyl sites for hydroxylation is 1. The van der Waals surface area contributed by atoms with Crippen LogP contribution in [0, 0.1) is 12.8 Å². The molecular weight excluding hydrogens is 518 g/mol. The molecule has 1 N–H and O–H groups in total. The van der Waals surface area contributed by atoms with Crippen molar-refractivity contribution in [1.82, 2.24) is 9.55 Å². The van der Waals surface area contributed by atoms with E-state index in [2.05, 4.69) is 40.2 Å². The van der Waals surface area contributed by atoms with E-state index in [1.165, 1.54) is 6.42 Å². The number of hydrogen-bond acceptors (Lipinski definition) is 6. The molecule has 41 heavy (non-hydrogen) atoms. The molecule has 1 amide bonds. The van der Waals surface area contributed by atoms with Crippen LogP contribution in [0.2, 0.25) is 0 Å². The van der Waals surface area contributed by atoms with E-state index in [1.807, 2.05) is 26.0 Å². The number of amides is 1. The van der Waals surface area contributed by atoms with E-state index in [0.29, 0.717) is 23.5 Å². The minimum atomic E-state index is -0.406. The average Bonchev–Trinajstić information content (AvgIpc) is 3.64. The molecule has 0 spiro atoms. The van der Waals surface area contributed by atoms with Gasteiger partial charge in [0, 0.05) is 48.5 Å². The van der Waals surface area contributed by atoms with Crippen molar-refractivity contribution < 1.29 is 23.4 Å². The third kappa shape index (κ3) is 5.33. The van der Waals surface area contributed by atoms with Crippen LogP contribution in [-0.2, 0) is 9.47 Å². The lowest BCUT2D eigenvalue weighted by Gasteiger charge is -2.30. The Hall–Kier alpha value is -3.78. The van der Waals surface area contributed by atoms with E-state index in [-0.39, 0.29) is 12.2 Å². The van der Waals surface area contributed by atoms with Crippen LogP contribution in [0.4, 0.5) is 10.5 Å². The summed E-state index contributed by atoms with van der Waals surface area (Å²) in [6.45, 7) is 5.32. The topological polar surface area (TPSA) is 87.8 Å². The minimum Gasteiger partial charge on any atom is -0.490 e. The van der Waals surface area contributed by atoms with Gasteiger partial charge in [0.2, 0.25) is 0 Å². The Labute approximate surface area is 240 Å². The highest BCUT2D eigenvalue weighted by Crippen LogP contribution is 2.47. The van der Waals surface area contributed by atoms with Gasteiger partial charge in [-0.05, 0) is 74.8 Å². The number of nitrogens with one attached hydrogen (secondary N) is 1. The first-order chi connectivity index (χ1) is 20.0. The Morgan fingerprint density at radius 1 is 1.05 bits per heavy atom. The zero-order chi connectivity index (χ0) is 27.9. The molecule has 3 fully saturated rings. The molecule has 214 valence electrons. The van der Waals surface area contributed by atoms with Crippen LogP contribution in [-0.4, -0.2) is 41.1 Å². The summed E-state index contributed by atoms with van der Waals surface area (Å²) in [7, 11) is 0. The van der Waals surface area contributed by atoms with Gasteiger partial charge in [0.15, 0.2) is 5.89 Å². The van der Waals surface area contributed by atoms with E-state index >= 15 is 0 Å². The SMILES string of the molecule is Cc1nc(-c2c(-c3ccc(NC(=O)OC(C)C4CC4)cc3)n(C3CCC3)c3cc(OC4CCOCC4)ccc23)co1. The number of nitrogens with zero attached hydrogens (tertiary/aromatic N) is 2. The lowest BCUT2D eigenvalue weighted by molar-refractivity contribution is 0.0256. The van der Waals surface area contributed by atoms with Gasteiger partial charge in [0.25, 0.3) is 0 Å². The van der Waals surface area contributed by atoms with Gasteiger partial charge < -0.3 is 23.2 Å². The molecule has 1 saturated heterocycles. The fraction of sp³-hybridized carbons (Fsp3) is 0.455. The molecule has 8 nitrogen and oxygen atoms in total. The van der Waals surface area contributed by atoms with Gasteiger partial charge in [-0.1, -0.05) is 12.1 Å². The summed E-state index contributed by atoms with van der Waals surface area (Å²) in [5.74, 6) is 2.02. The molecule has 0 bridgehead atoms. The molecule has 7 rings (SSSR count). The van der Waals surface area contributed by atoms with Gasteiger partial charge in [0.05, 0.1) is 24.4 Å². The molecule has 8 heteroatoms. The number of ether oxygens (including phenoxy) is 3. The molecule has 3 heterocycles. The summed E-state index contributed by atoms with van der Waals surface area (Å²) in [6.07, 6.45) is 9.01. The van der Waals surface area contributed by atoms with Crippen molar-refractivity contribution in [2.45, 2.75) is 77.0 Å². The number of anilines is 1. The van der Waals surface area contributed by atoms with Crippen LogP contribution in [0.3, 0.4) is 0 Å². The molecular formula is C33H37N3O5. The lowest BCUT2D eigenvalue weighted by Crippen LogP contribution is -2.25. The first-order valence-corrected chi connectivity index (χ1v) is 15.0. The summed E-state index contributed by atoms with van der Waals surface area (Å²) in [6, 6.07) is 14.8. The van der Waals surface area contributed by atoms with E-state index in [1.54, 1.807) is 6.26 Å². The smallest absolute Gasteiger partial charge is 0.411 e. The van der Waals surface area contributed by atoms with E-state index in [9.17, 15) is 4.79 Å². The van der Waals surface area contributed by atoms with Crippen LogP contribution in [0.5, 0.6) is 5.75 Å². The van der Waals surface area contributed by atoms with Crippen LogP contribution in [0.1, 0.15) is 63.8 Å². The normalized spacial score (nSPS) is 18.7. The van der Waals surface area contributed by atoms with Crippen LogP contribution >= 0.6 is 0 Å². The molecule has 4 aromatic rings. The van der Waals surface area contributed by atoms with Crippen molar-refractivity contribution >= 4 is 22.7 Å². The predicted octanol–water partition coefficient (Wildman–Crippen LogP) is 7.90. The molecule has 2 aliphatic carbocycles. The second-order valence-corrected chi connectivity index (χ2v) is 11.7. The fourth-order valence-corrected chi connectivity index (χ4v) is 6.08. The number of hydrogen-bond donors (Lipinski definition) is 1. The number of benzene rings is 2. The molecule has 3 aliphatic rings. The fourth-order valence-electron chi connectivity index (χ4n) is 6.08. The molecule has 1 unspecified atom stereocenters. The van der Waals surface area contributed by atoms with Crippen molar-refractivity contribution in [2.24, 2.45) is 5.92 Å². The van der Waals surface area contributed by atoms with Crippen molar-refractivity contribution in [1.29, 1.82) is 0 Å². The Morgan fingerprint density at radius 2 is 1.83 bits per heavy atom. The number of carbonyl (C=O) groups excluding carboxylic acids is 1.